The molecule has 0 bridgehead atoms. The van der Waals surface area contributed by atoms with E-state index < -0.39 is 0 Å². The molecule has 4 rings (SSSR count). The third-order valence-corrected chi connectivity index (χ3v) is 5.71. The average Bonchev–Trinajstić information content (AvgIpc) is 2.58. The van der Waals surface area contributed by atoms with Crippen molar-refractivity contribution >= 4 is 10.9 Å². The van der Waals surface area contributed by atoms with Crippen molar-refractivity contribution in [1.29, 1.82) is 0 Å². The van der Waals surface area contributed by atoms with Gasteiger partial charge in [-0.15, -0.1) is 0 Å². The molecule has 0 radical (unpaired) electrons. The van der Waals surface area contributed by atoms with Gasteiger partial charge in [-0.1, -0.05) is 12.1 Å². The molecule has 134 valence electrons. The van der Waals surface area contributed by atoms with Gasteiger partial charge in [-0.3, -0.25) is 9.69 Å². The van der Waals surface area contributed by atoms with Gasteiger partial charge in [0.05, 0.1) is 11.7 Å². The van der Waals surface area contributed by atoms with Crippen LogP contribution in [0, 0.1) is 6.92 Å². The molecule has 3 heterocycles. The van der Waals surface area contributed by atoms with Gasteiger partial charge in [-0.2, -0.15) is 0 Å². The number of H-pyrrole nitrogens is 1. The number of likely N-dealkylation sites (tertiary alicyclic amines) is 1. The van der Waals surface area contributed by atoms with Crippen LogP contribution in [0.25, 0.3) is 10.9 Å². The average molecular weight is 342 g/mol. The van der Waals surface area contributed by atoms with Gasteiger partial charge >= 0.3 is 0 Å². The van der Waals surface area contributed by atoms with Crippen LogP contribution in [0.15, 0.2) is 29.1 Å². The standard InChI is InChI=1S/C20H26N2O3/c1-14-2-3-15-11-16(19(24)21-18(15)10-14)13-22-7-5-20(6-8-22)12-17(23)4-9-25-20/h2-3,10-11,17,23H,4-9,12-13H2,1H3,(H,21,24). The minimum absolute atomic E-state index is 0.00252. The van der Waals surface area contributed by atoms with E-state index in [1.165, 1.54) is 0 Å². The zero-order valence-electron chi connectivity index (χ0n) is 14.8. The summed E-state index contributed by atoms with van der Waals surface area (Å²) in [5.41, 5.74) is 2.71. The number of pyridine rings is 1. The molecule has 5 heteroatoms. The summed E-state index contributed by atoms with van der Waals surface area (Å²) in [7, 11) is 0. The molecule has 25 heavy (non-hydrogen) atoms. The van der Waals surface area contributed by atoms with Crippen LogP contribution in [0.4, 0.5) is 0 Å². The maximum atomic E-state index is 12.4. The SMILES string of the molecule is Cc1ccc2cc(CN3CCC4(CC3)CC(O)CCO4)c(=O)[nH]c2c1. The van der Waals surface area contributed by atoms with E-state index in [0.717, 1.165) is 60.8 Å². The third kappa shape index (κ3) is 3.50. The van der Waals surface area contributed by atoms with Crippen LogP contribution in [0.2, 0.25) is 0 Å². The summed E-state index contributed by atoms with van der Waals surface area (Å²) >= 11 is 0. The third-order valence-electron chi connectivity index (χ3n) is 5.71. The first-order chi connectivity index (χ1) is 12.0. The monoisotopic (exact) mass is 342 g/mol. The number of nitrogens with one attached hydrogen (secondary N) is 1. The molecule has 0 saturated carbocycles. The smallest absolute Gasteiger partial charge is 0.252 e. The molecule has 2 N–H and O–H groups in total. The number of aromatic nitrogens is 1. The Morgan fingerprint density at radius 1 is 1.32 bits per heavy atom. The van der Waals surface area contributed by atoms with Gasteiger partial charge in [-0.05, 0) is 49.3 Å². The first kappa shape index (κ1) is 16.8. The van der Waals surface area contributed by atoms with E-state index in [-0.39, 0.29) is 17.3 Å². The molecular formula is C20H26N2O3. The summed E-state index contributed by atoms with van der Waals surface area (Å²) in [6, 6.07) is 8.16. The van der Waals surface area contributed by atoms with E-state index in [1.807, 2.05) is 19.1 Å². The van der Waals surface area contributed by atoms with Gasteiger partial charge in [0.2, 0.25) is 0 Å². The van der Waals surface area contributed by atoms with Crippen LogP contribution in [0.1, 0.15) is 36.8 Å². The summed E-state index contributed by atoms with van der Waals surface area (Å²) < 4.78 is 6.01. The summed E-state index contributed by atoms with van der Waals surface area (Å²) in [5.74, 6) is 0. The van der Waals surface area contributed by atoms with Gasteiger partial charge in [0.1, 0.15) is 0 Å². The molecule has 2 fully saturated rings. The number of hydrogen-bond donors (Lipinski definition) is 2. The van der Waals surface area contributed by atoms with Gasteiger partial charge in [0.25, 0.3) is 5.56 Å². The van der Waals surface area contributed by atoms with E-state index in [2.05, 4.69) is 22.0 Å². The lowest BCUT2D eigenvalue weighted by molar-refractivity contribution is -0.143. The molecule has 0 amide bonds. The number of aromatic amines is 1. The molecule has 2 aromatic rings. The van der Waals surface area contributed by atoms with Gasteiger partial charge in [0.15, 0.2) is 0 Å². The van der Waals surface area contributed by atoms with Crippen LogP contribution in [-0.2, 0) is 11.3 Å². The highest BCUT2D eigenvalue weighted by Crippen LogP contribution is 2.35. The molecule has 5 nitrogen and oxygen atoms in total. The summed E-state index contributed by atoms with van der Waals surface area (Å²) in [5, 5.41) is 11.0. The molecule has 2 aliphatic heterocycles. The fourth-order valence-corrected chi connectivity index (χ4v) is 4.19. The Hall–Kier alpha value is -1.69. The largest absolute Gasteiger partial charge is 0.393 e. The van der Waals surface area contributed by atoms with Gasteiger partial charge in [0, 0.05) is 43.7 Å². The molecular weight excluding hydrogens is 316 g/mol. The number of piperidine rings is 1. The number of benzene rings is 1. The highest BCUT2D eigenvalue weighted by Gasteiger charge is 2.39. The van der Waals surface area contributed by atoms with Crippen molar-refractivity contribution in [2.24, 2.45) is 0 Å². The summed E-state index contributed by atoms with van der Waals surface area (Å²) in [4.78, 5) is 17.7. The lowest BCUT2D eigenvalue weighted by Crippen LogP contribution is -2.50. The minimum atomic E-state index is -0.230. The Labute approximate surface area is 147 Å². The summed E-state index contributed by atoms with van der Waals surface area (Å²) in [6.07, 6.45) is 3.12. The Balaban J connectivity index is 1.46. The van der Waals surface area contributed by atoms with Crippen molar-refractivity contribution in [3.05, 3.63) is 45.7 Å². The van der Waals surface area contributed by atoms with Crippen LogP contribution < -0.4 is 5.56 Å². The highest BCUT2D eigenvalue weighted by molar-refractivity contribution is 5.79. The second-order valence-corrected chi connectivity index (χ2v) is 7.67. The van der Waals surface area contributed by atoms with Crippen molar-refractivity contribution in [3.63, 3.8) is 0 Å². The van der Waals surface area contributed by atoms with E-state index in [9.17, 15) is 9.90 Å². The quantitative estimate of drug-likeness (QED) is 0.879. The molecule has 1 aromatic heterocycles. The normalized spacial score (nSPS) is 24.0. The van der Waals surface area contributed by atoms with Crippen molar-refractivity contribution in [1.82, 2.24) is 9.88 Å². The Morgan fingerprint density at radius 3 is 2.88 bits per heavy atom. The van der Waals surface area contributed by atoms with Gasteiger partial charge < -0.3 is 14.8 Å². The van der Waals surface area contributed by atoms with E-state index >= 15 is 0 Å². The van der Waals surface area contributed by atoms with Crippen molar-refractivity contribution < 1.29 is 9.84 Å². The number of hydrogen-bond acceptors (Lipinski definition) is 4. The Bertz CT molecular complexity index is 821. The maximum Gasteiger partial charge on any atom is 0.252 e. The number of ether oxygens (including phenoxy) is 1. The number of nitrogens with zero attached hydrogens (tertiary/aromatic N) is 1. The lowest BCUT2D eigenvalue weighted by atomic mass is 9.83. The molecule has 1 unspecified atom stereocenters. The van der Waals surface area contributed by atoms with Gasteiger partial charge in [-0.25, -0.2) is 0 Å². The van der Waals surface area contributed by atoms with Crippen LogP contribution in [0.5, 0.6) is 0 Å². The molecule has 0 aliphatic carbocycles. The first-order valence-corrected chi connectivity index (χ1v) is 9.20. The van der Waals surface area contributed by atoms with Crippen LogP contribution in [-0.4, -0.2) is 46.4 Å². The number of aliphatic hydroxyl groups is 1. The summed E-state index contributed by atoms with van der Waals surface area (Å²) in [6.45, 7) is 5.15. The second-order valence-electron chi connectivity index (χ2n) is 7.67. The second kappa shape index (κ2) is 6.56. The molecule has 1 spiro atoms. The molecule has 2 saturated heterocycles. The van der Waals surface area contributed by atoms with Crippen molar-refractivity contribution in [3.8, 4) is 0 Å². The maximum absolute atomic E-state index is 12.4. The number of aryl methyl sites for hydroxylation is 1. The van der Waals surface area contributed by atoms with E-state index in [4.69, 9.17) is 4.74 Å². The fraction of sp³-hybridized carbons (Fsp3) is 0.550. The first-order valence-electron chi connectivity index (χ1n) is 9.20. The predicted octanol–water partition coefficient (Wildman–Crippen LogP) is 2.34. The number of aliphatic hydroxyl groups excluding tert-OH is 1. The number of fused-ring (bicyclic) bond motifs is 1. The lowest BCUT2D eigenvalue weighted by Gasteiger charge is -2.45. The highest BCUT2D eigenvalue weighted by atomic mass is 16.5. The topological polar surface area (TPSA) is 65.6 Å². The number of rotatable bonds is 2. The van der Waals surface area contributed by atoms with E-state index in [1.54, 1.807) is 0 Å². The van der Waals surface area contributed by atoms with Crippen molar-refractivity contribution in [2.45, 2.75) is 50.9 Å². The Morgan fingerprint density at radius 2 is 2.12 bits per heavy atom. The Kier molecular flexibility index (Phi) is 4.40. The predicted molar refractivity (Wildman–Crippen MR) is 97.7 cm³/mol. The minimum Gasteiger partial charge on any atom is -0.393 e. The molecule has 1 aromatic carbocycles. The molecule has 2 aliphatic rings. The zero-order chi connectivity index (χ0) is 17.4. The zero-order valence-corrected chi connectivity index (χ0v) is 14.8. The molecule has 1 atom stereocenters. The van der Waals surface area contributed by atoms with Crippen LogP contribution >= 0.6 is 0 Å². The van der Waals surface area contributed by atoms with Crippen LogP contribution in [0.3, 0.4) is 0 Å². The van der Waals surface area contributed by atoms with E-state index in [0.29, 0.717) is 13.2 Å². The van der Waals surface area contributed by atoms with Crippen molar-refractivity contribution in [2.75, 3.05) is 19.7 Å². The fourth-order valence-electron chi connectivity index (χ4n) is 4.19.